The highest BCUT2D eigenvalue weighted by molar-refractivity contribution is 6.30. The Morgan fingerprint density at radius 2 is 1.81 bits per heavy atom. The first kappa shape index (κ1) is 21.0. The number of nitrogens with two attached hydrogens (primary N) is 1. The second kappa shape index (κ2) is 9.60. The van der Waals surface area contributed by atoms with Crippen LogP contribution in [-0.2, 0) is 14.3 Å². The summed E-state index contributed by atoms with van der Waals surface area (Å²) in [4.78, 5) is 37.5. The molecule has 1 fully saturated rings. The third-order valence-corrected chi connectivity index (χ3v) is 4.79. The van der Waals surface area contributed by atoms with E-state index in [4.69, 9.17) is 22.1 Å². The Labute approximate surface area is 164 Å². The largest absolute Gasteiger partial charge is 0.455 e. The standard InChI is InChI=1S/C19H26ClN3O4/c1-12-7-13(2)10-23(9-12)17(24)11-27-18(25)8-16(22-19(21)26)14-3-5-15(20)6-4-14/h3-6,12-13,16H,7-11H2,1-2H3,(H3,21,22,26)/t12-,13+,16-/m0/s1. The van der Waals surface area contributed by atoms with Gasteiger partial charge in [-0.2, -0.15) is 0 Å². The minimum atomic E-state index is -0.755. The summed E-state index contributed by atoms with van der Waals surface area (Å²) in [7, 11) is 0. The van der Waals surface area contributed by atoms with Crippen molar-refractivity contribution in [3.63, 3.8) is 0 Å². The molecule has 0 bridgehead atoms. The Morgan fingerprint density at radius 3 is 2.37 bits per heavy atom. The Morgan fingerprint density at radius 1 is 1.22 bits per heavy atom. The summed E-state index contributed by atoms with van der Waals surface area (Å²) < 4.78 is 5.14. The van der Waals surface area contributed by atoms with E-state index < -0.39 is 18.0 Å². The van der Waals surface area contributed by atoms with Gasteiger partial charge in [-0.15, -0.1) is 0 Å². The minimum absolute atomic E-state index is 0.134. The fourth-order valence-electron chi connectivity index (χ4n) is 3.44. The normalized spacial score (nSPS) is 20.6. The molecule has 0 saturated carbocycles. The summed E-state index contributed by atoms with van der Waals surface area (Å²) in [5.74, 6) is 0.0766. The molecule has 0 unspecified atom stereocenters. The number of carbonyl (C=O) groups is 3. The molecular formula is C19H26ClN3O4. The Kier molecular flexibility index (Phi) is 7.47. The van der Waals surface area contributed by atoms with E-state index in [1.165, 1.54) is 0 Å². The predicted molar refractivity (Wildman–Crippen MR) is 102 cm³/mol. The van der Waals surface area contributed by atoms with Crippen LogP contribution in [-0.4, -0.2) is 42.5 Å². The van der Waals surface area contributed by atoms with E-state index in [2.05, 4.69) is 19.2 Å². The zero-order valence-electron chi connectivity index (χ0n) is 15.6. The number of esters is 1. The van der Waals surface area contributed by atoms with Crippen molar-refractivity contribution in [2.75, 3.05) is 19.7 Å². The molecule has 3 amide bonds. The molecule has 1 aliphatic heterocycles. The molecule has 7 nitrogen and oxygen atoms in total. The van der Waals surface area contributed by atoms with Crippen molar-refractivity contribution in [2.45, 2.75) is 32.7 Å². The molecule has 27 heavy (non-hydrogen) atoms. The molecule has 1 aromatic carbocycles. The fraction of sp³-hybridized carbons (Fsp3) is 0.526. The summed E-state index contributed by atoms with van der Waals surface area (Å²) in [6, 6.07) is 5.28. The van der Waals surface area contributed by atoms with Crippen molar-refractivity contribution in [1.29, 1.82) is 0 Å². The maximum absolute atomic E-state index is 12.3. The number of nitrogens with zero attached hydrogens (tertiary/aromatic N) is 1. The summed E-state index contributed by atoms with van der Waals surface area (Å²) in [5.41, 5.74) is 5.86. The molecule has 3 atom stereocenters. The van der Waals surface area contributed by atoms with Crippen molar-refractivity contribution in [1.82, 2.24) is 10.2 Å². The maximum Gasteiger partial charge on any atom is 0.312 e. The lowest BCUT2D eigenvalue weighted by Crippen LogP contribution is -2.44. The Balaban J connectivity index is 1.90. The van der Waals surface area contributed by atoms with Crippen molar-refractivity contribution in [3.05, 3.63) is 34.9 Å². The van der Waals surface area contributed by atoms with Gasteiger partial charge in [-0.1, -0.05) is 37.6 Å². The molecule has 8 heteroatoms. The molecule has 1 saturated heterocycles. The molecule has 0 radical (unpaired) electrons. The number of amides is 3. The zero-order chi connectivity index (χ0) is 20.0. The van der Waals surface area contributed by atoms with Gasteiger partial charge in [0.25, 0.3) is 5.91 Å². The summed E-state index contributed by atoms with van der Waals surface area (Å²) in [6.07, 6.45) is 0.954. The number of piperidine rings is 1. The molecule has 0 spiro atoms. The van der Waals surface area contributed by atoms with Crippen LogP contribution in [0.3, 0.4) is 0 Å². The van der Waals surface area contributed by atoms with E-state index in [-0.39, 0.29) is 18.9 Å². The molecule has 1 heterocycles. The van der Waals surface area contributed by atoms with Gasteiger partial charge in [0.1, 0.15) is 0 Å². The van der Waals surface area contributed by atoms with Crippen molar-refractivity contribution < 1.29 is 19.1 Å². The number of rotatable bonds is 6. The summed E-state index contributed by atoms with van der Waals surface area (Å²) >= 11 is 5.86. The Hall–Kier alpha value is -2.28. The Bertz CT molecular complexity index is 670. The van der Waals surface area contributed by atoms with Crippen LogP contribution >= 0.6 is 11.6 Å². The summed E-state index contributed by atoms with van der Waals surface area (Å²) in [5, 5.41) is 3.05. The first-order valence-corrected chi connectivity index (χ1v) is 9.37. The minimum Gasteiger partial charge on any atom is -0.455 e. The smallest absolute Gasteiger partial charge is 0.312 e. The van der Waals surface area contributed by atoms with Crippen LogP contribution in [0.2, 0.25) is 5.02 Å². The second-order valence-corrected chi connectivity index (χ2v) is 7.66. The van der Waals surface area contributed by atoms with Gasteiger partial charge in [0.15, 0.2) is 6.61 Å². The van der Waals surface area contributed by atoms with Crippen LogP contribution < -0.4 is 11.1 Å². The monoisotopic (exact) mass is 395 g/mol. The van der Waals surface area contributed by atoms with E-state index in [9.17, 15) is 14.4 Å². The average Bonchev–Trinajstić information content (AvgIpc) is 2.58. The molecule has 0 aromatic heterocycles. The lowest BCUT2D eigenvalue weighted by atomic mass is 9.92. The highest BCUT2D eigenvalue weighted by atomic mass is 35.5. The van der Waals surface area contributed by atoms with Crippen LogP contribution in [0.4, 0.5) is 4.79 Å². The van der Waals surface area contributed by atoms with Gasteiger partial charge >= 0.3 is 12.0 Å². The number of carbonyl (C=O) groups excluding carboxylic acids is 3. The van der Waals surface area contributed by atoms with Gasteiger partial charge in [0.05, 0.1) is 12.5 Å². The van der Waals surface area contributed by atoms with Crippen LogP contribution in [0.25, 0.3) is 0 Å². The average molecular weight is 396 g/mol. The van der Waals surface area contributed by atoms with E-state index in [0.717, 1.165) is 6.42 Å². The topological polar surface area (TPSA) is 102 Å². The number of halogens is 1. The molecule has 1 aromatic rings. The predicted octanol–water partition coefficient (Wildman–Crippen LogP) is 2.49. The fourth-order valence-corrected chi connectivity index (χ4v) is 3.57. The van der Waals surface area contributed by atoms with E-state index in [1.54, 1.807) is 29.2 Å². The van der Waals surface area contributed by atoms with Gasteiger partial charge in [-0.25, -0.2) is 4.79 Å². The van der Waals surface area contributed by atoms with Gasteiger partial charge in [0.2, 0.25) is 0 Å². The van der Waals surface area contributed by atoms with Crippen LogP contribution in [0.5, 0.6) is 0 Å². The maximum atomic E-state index is 12.3. The molecule has 2 rings (SSSR count). The molecule has 148 valence electrons. The quantitative estimate of drug-likeness (QED) is 0.722. The van der Waals surface area contributed by atoms with Gasteiger partial charge in [-0.3, -0.25) is 9.59 Å². The number of hydrogen-bond donors (Lipinski definition) is 2. The second-order valence-electron chi connectivity index (χ2n) is 7.22. The zero-order valence-corrected chi connectivity index (χ0v) is 16.4. The first-order valence-electron chi connectivity index (χ1n) is 8.99. The van der Waals surface area contributed by atoms with E-state index >= 15 is 0 Å². The lowest BCUT2D eigenvalue weighted by Gasteiger charge is -2.34. The third-order valence-electron chi connectivity index (χ3n) is 4.54. The van der Waals surface area contributed by atoms with Crippen LogP contribution in [0.15, 0.2) is 24.3 Å². The molecule has 0 aliphatic carbocycles. The molecular weight excluding hydrogens is 370 g/mol. The van der Waals surface area contributed by atoms with Crippen LogP contribution in [0.1, 0.15) is 38.3 Å². The van der Waals surface area contributed by atoms with Crippen molar-refractivity contribution in [2.24, 2.45) is 17.6 Å². The number of ether oxygens (including phenoxy) is 1. The highest BCUT2D eigenvalue weighted by Crippen LogP contribution is 2.22. The molecule has 3 N–H and O–H groups in total. The van der Waals surface area contributed by atoms with Gasteiger partial charge in [0, 0.05) is 18.1 Å². The number of nitrogens with one attached hydrogen (secondary N) is 1. The SMILES string of the molecule is C[C@@H]1C[C@H](C)CN(C(=O)COC(=O)C[C@H](NC(N)=O)c2ccc(Cl)cc2)C1. The number of likely N-dealkylation sites (tertiary alicyclic amines) is 1. The first-order chi connectivity index (χ1) is 12.7. The van der Waals surface area contributed by atoms with Crippen molar-refractivity contribution >= 4 is 29.5 Å². The van der Waals surface area contributed by atoms with Gasteiger partial charge < -0.3 is 20.7 Å². The van der Waals surface area contributed by atoms with Gasteiger partial charge in [-0.05, 0) is 36.0 Å². The molecule has 1 aliphatic rings. The third kappa shape index (κ3) is 6.75. The van der Waals surface area contributed by atoms with E-state index in [0.29, 0.717) is 35.5 Å². The highest BCUT2D eigenvalue weighted by Gasteiger charge is 2.26. The lowest BCUT2D eigenvalue weighted by molar-refractivity contribution is -0.153. The number of benzene rings is 1. The number of urea groups is 1. The summed E-state index contributed by atoms with van der Waals surface area (Å²) in [6.45, 7) is 5.26. The van der Waals surface area contributed by atoms with E-state index in [1.807, 2.05) is 0 Å². The van der Waals surface area contributed by atoms with Crippen LogP contribution in [0, 0.1) is 11.8 Å². The number of hydrogen-bond acceptors (Lipinski definition) is 4. The van der Waals surface area contributed by atoms with Crippen molar-refractivity contribution in [3.8, 4) is 0 Å². The number of primary amides is 1.